The summed E-state index contributed by atoms with van der Waals surface area (Å²) in [5.74, 6) is 1.91. The van der Waals surface area contributed by atoms with E-state index < -0.39 is 0 Å². The highest BCUT2D eigenvalue weighted by atomic mass is 79.9. The average molecular weight is 352 g/mol. The molecule has 1 N–H and O–H groups in total. The Labute approximate surface area is 132 Å². The minimum atomic E-state index is 0.283. The van der Waals surface area contributed by atoms with Gasteiger partial charge in [0.2, 0.25) is 5.89 Å². The highest BCUT2D eigenvalue weighted by molar-refractivity contribution is 9.10. The second kappa shape index (κ2) is 6.58. The van der Waals surface area contributed by atoms with Crippen LogP contribution in [0.5, 0.6) is 5.75 Å². The number of ether oxygens (including phenoxy) is 1. The normalized spacial score (nSPS) is 14.4. The van der Waals surface area contributed by atoms with Crippen LogP contribution >= 0.6 is 15.9 Å². The van der Waals surface area contributed by atoms with Crippen LogP contribution in [0.15, 0.2) is 27.1 Å². The zero-order valence-electron chi connectivity index (χ0n) is 11.9. The first-order valence-electron chi connectivity index (χ1n) is 7.20. The fourth-order valence-corrected chi connectivity index (χ4v) is 2.49. The van der Waals surface area contributed by atoms with E-state index in [1.165, 1.54) is 18.4 Å². The summed E-state index contributed by atoms with van der Waals surface area (Å²) in [5.41, 5.74) is 1.24. The smallest absolute Gasteiger partial charge is 0.253 e. The van der Waals surface area contributed by atoms with Gasteiger partial charge in [-0.05, 0) is 46.5 Å². The van der Waals surface area contributed by atoms with E-state index in [1.807, 2.05) is 13.0 Å². The Bertz CT molecular complexity index is 611. The molecule has 0 amide bonds. The molecule has 1 fully saturated rings. The molecular formula is C15H18BrN3O2. The summed E-state index contributed by atoms with van der Waals surface area (Å²) in [5, 5.41) is 11.3. The minimum absolute atomic E-state index is 0.283. The summed E-state index contributed by atoms with van der Waals surface area (Å²) in [7, 11) is 0. The van der Waals surface area contributed by atoms with Crippen molar-refractivity contribution < 1.29 is 9.15 Å². The van der Waals surface area contributed by atoms with Crippen molar-refractivity contribution in [1.82, 2.24) is 15.5 Å². The van der Waals surface area contributed by atoms with Gasteiger partial charge >= 0.3 is 0 Å². The van der Waals surface area contributed by atoms with Crippen molar-refractivity contribution in [2.45, 2.75) is 45.4 Å². The van der Waals surface area contributed by atoms with Gasteiger partial charge in [-0.1, -0.05) is 13.0 Å². The predicted molar refractivity (Wildman–Crippen MR) is 82.0 cm³/mol. The summed E-state index contributed by atoms with van der Waals surface area (Å²) in [4.78, 5) is 0. The third kappa shape index (κ3) is 4.04. The number of nitrogens with one attached hydrogen (secondary N) is 1. The molecule has 1 heterocycles. The van der Waals surface area contributed by atoms with Crippen molar-refractivity contribution >= 4 is 15.9 Å². The third-order valence-electron chi connectivity index (χ3n) is 3.33. The van der Waals surface area contributed by atoms with Crippen LogP contribution in [-0.2, 0) is 19.6 Å². The number of benzene rings is 1. The van der Waals surface area contributed by atoms with Gasteiger partial charge in [-0.15, -0.1) is 10.2 Å². The van der Waals surface area contributed by atoms with Gasteiger partial charge in [0.25, 0.3) is 5.89 Å². The summed E-state index contributed by atoms with van der Waals surface area (Å²) in [6.45, 7) is 3.15. The number of hydrogen-bond acceptors (Lipinski definition) is 5. The van der Waals surface area contributed by atoms with Crippen LogP contribution in [0.4, 0.5) is 0 Å². The van der Waals surface area contributed by atoms with Crippen LogP contribution in [0.25, 0.3) is 0 Å². The fourth-order valence-electron chi connectivity index (χ4n) is 1.95. The van der Waals surface area contributed by atoms with Gasteiger partial charge in [0.1, 0.15) is 5.75 Å². The molecule has 1 saturated carbocycles. The summed E-state index contributed by atoms with van der Waals surface area (Å²) >= 11 is 3.54. The molecule has 21 heavy (non-hydrogen) atoms. The van der Waals surface area contributed by atoms with Crippen LogP contribution in [0.1, 0.15) is 37.1 Å². The van der Waals surface area contributed by atoms with Crippen LogP contribution in [0.3, 0.4) is 0 Å². The van der Waals surface area contributed by atoms with Gasteiger partial charge in [0, 0.05) is 19.0 Å². The zero-order valence-corrected chi connectivity index (χ0v) is 13.5. The molecule has 1 aliphatic rings. The van der Waals surface area contributed by atoms with Crippen molar-refractivity contribution in [2.75, 3.05) is 0 Å². The first-order valence-corrected chi connectivity index (χ1v) is 7.99. The van der Waals surface area contributed by atoms with E-state index in [-0.39, 0.29) is 6.61 Å². The Hall–Kier alpha value is -1.40. The number of hydrogen-bond donors (Lipinski definition) is 1. The van der Waals surface area contributed by atoms with E-state index in [0.29, 0.717) is 17.8 Å². The highest BCUT2D eigenvalue weighted by Gasteiger charge is 2.20. The van der Waals surface area contributed by atoms with E-state index in [1.54, 1.807) is 0 Å². The summed E-state index contributed by atoms with van der Waals surface area (Å²) in [6.07, 6.45) is 3.33. The van der Waals surface area contributed by atoms with Gasteiger partial charge < -0.3 is 14.5 Å². The lowest BCUT2D eigenvalue weighted by molar-refractivity contribution is 0.258. The molecule has 3 rings (SSSR count). The number of nitrogens with zero attached hydrogens (tertiary/aromatic N) is 2. The second-order valence-corrected chi connectivity index (χ2v) is 6.01. The molecule has 112 valence electrons. The van der Waals surface area contributed by atoms with Crippen LogP contribution < -0.4 is 10.1 Å². The van der Waals surface area contributed by atoms with Crippen LogP contribution in [0.2, 0.25) is 0 Å². The number of aromatic nitrogens is 2. The van der Waals surface area contributed by atoms with Crippen molar-refractivity contribution in [3.63, 3.8) is 0 Å². The van der Waals surface area contributed by atoms with Gasteiger partial charge in [-0.2, -0.15) is 0 Å². The Balaban J connectivity index is 1.56. The quantitative estimate of drug-likeness (QED) is 0.829. The number of aryl methyl sites for hydroxylation is 1. The van der Waals surface area contributed by atoms with Crippen molar-refractivity contribution in [1.29, 1.82) is 0 Å². The first-order chi connectivity index (χ1) is 10.2. The monoisotopic (exact) mass is 351 g/mol. The number of halogens is 1. The molecular weight excluding hydrogens is 334 g/mol. The van der Waals surface area contributed by atoms with Crippen molar-refractivity contribution in [2.24, 2.45) is 0 Å². The Morgan fingerprint density at radius 1 is 1.33 bits per heavy atom. The van der Waals surface area contributed by atoms with Gasteiger partial charge in [0.05, 0.1) is 4.47 Å². The van der Waals surface area contributed by atoms with Crippen molar-refractivity contribution in [3.8, 4) is 5.75 Å². The SMILES string of the molecule is CCc1nnc(COc2ccc(CNC3CC3)cc2Br)o1. The van der Waals surface area contributed by atoms with E-state index in [2.05, 4.69) is 43.6 Å². The molecule has 2 aromatic rings. The van der Waals surface area contributed by atoms with E-state index in [4.69, 9.17) is 9.15 Å². The largest absolute Gasteiger partial charge is 0.483 e. The lowest BCUT2D eigenvalue weighted by atomic mass is 10.2. The fraction of sp³-hybridized carbons (Fsp3) is 0.467. The summed E-state index contributed by atoms with van der Waals surface area (Å²) < 4.78 is 12.1. The molecule has 1 aliphatic carbocycles. The Kier molecular flexibility index (Phi) is 4.55. The third-order valence-corrected chi connectivity index (χ3v) is 3.95. The second-order valence-electron chi connectivity index (χ2n) is 5.15. The lowest BCUT2D eigenvalue weighted by Gasteiger charge is -2.09. The molecule has 0 spiro atoms. The molecule has 5 nitrogen and oxygen atoms in total. The lowest BCUT2D eigenvalue weighted by Crippen LogP contribution is -2.15. The maximum absolute atomic E-state index is 5.71. The average Bonchev–Trinajstić information content (AvgIpc) is 3.21. The van der Waals surface area contributed by atoms with E-state index in [0.717, 1.165) is 23.2 Å². The maximum Gasteiger partial charge on any atom is 0.253 e. The highest BCUT2D eigenvalue weighted by Crippen LogP contribution is 2.27. The molecule has 6 heteroatoms. The minimum Gasteiger partial charge on any atom is -0.483 e. The zero-order chi connectivity index (χ0) is 14.7. The topological polar surface area (TPSA) is 60.2 Å². The number of rotatable bonds is 7. The van der Waals surface area contributed by atoms with Gasteiger partial charge in [0.15, 0.2) is 6.61 Å². The molecule has 0 atom stereocenters. The maximum atomic E-state index is 5.71. The van der Waals surface area contributed by atoms with E-state index >= 15 is 0 Å². The predicted octanol–water partition coefficient (Wildman–Crippen LogP) is 3.23. The van der Waals surface area contributed by atoms with E-state index in [9.17, 15) is 0 Å². The Morgan fingerprint density at radius 3 is 2.81 bits per heavy atom. The molecule has 0 aliphatic heterocycles. The molecule has 0 saturated heterocycles. The Morgan fingerprint density at radius 2 is 2.14 bits per heavy atom. The summed E-state index contributed by atoms with van der Waals surface area (Å²) in [6, 6.07) is 6.83. The van der Waals surface area contributed by atoms with Gasteiger partial charge in [-0.3, -0.25) is 0 Å². The van der Waals surface area contributed by atoms with Gasteiger partial charge in [-0.25, -0.2) is 0 Å². The molecule has 0 bridgehead atoms. The standard InChI is InChI=1S/C15H18BrN3O2/c1-2-14-18-19-15(21-14)9-20-13-6-3-10(7-12(13)16)8-17-11-4-5-11/h3,6-7,11,17H,2,4-5,8-9H2,1H3. The molecule has 1 aromatic carbocycles. The van der Waals surface area contributed by atoms with Crippen molar-refractivity contribution in [3.05, 3.63) is 40.0 Å². The molecule has 0 unspecified atom stereocenters. The van der Waals surface area contributed by atoms with Crippen LogP contribution in [0, 0.1) is 0 Å². The first kappa shape index (κ1) is 14.5. The molecule has 0 radical (unpaired) electrons. The van der Waals surface area contributed by atoms with Crippen LogP contribution in [-0.4, -0.2) is 16.2 Å². The molecule has 1 aromatic heterocycles.